The second-order valence-corrected chi connectivity index (χ2v) is 5.62. The van der Waals surface area contributed by atoms with Gasteiger partial charge in [0.1, 0.15) is 6.61 Å². The maximum atomic E-state index is 11.6. The largest absolute Gasteiger partial charge is 0.503 e. The van der Waals surface area contributed by atoms with E-state index in [0.29, 0.717) is 12.2 Å². The van der Waals surface area contributed by atoms with E-state index in [4.69, 9.17) is 4.74 Å². The number of carbonyl (C=O) groups is 1. The number of pyridine rings is 1. The molecular weight excluding hydrogens is 246 g/mol. The van der Waals surface area contributed by atoms with Crippen molar-refractivity contribution in [3.63, 3.8) is 0 Å². The van der Waals surface area contributed by atoms with Crippen LogP contribution < -0.4 is 5.43 Å². The van der Waals surface area contributed by atoms with Gasteiger partial charge >= 0.3 is 5.97 Å². The highest BCUT2D eigenvalue weighted by Crippen LogP contribution is 2.16. The Bertz CT molecular complexity index is 538. The Balaban J connectivity index is 2.78. The molecule has 5 nitrogen and oxygen atoms in total. The van der Waals surface area contributed by atoms with Gasteiger partial charge < -0.3 is 14.4 Å². The molecule has 106 valence electrons. The molecule has 0 aliphatic carbocycles. The third-order valence-corrected chi connectivity index (χ3v) is 2.91. The van der Waals surface area contributed by atoms with Crippen LogP contribution in [0, 0.1) is 19.3 Å². The third-order valence-electron chi connectivity index (χ3n) is 2.91. The van der Waals surface area contributed by atoms with Crippen molar-refractivity contribution in [2.45, 2.75) is 41.2 Å². The lowest BCUT2D eigenvalue weighted by atomic mass is 9.97. The van der Waals surface area contributed by atoms with Crippen LogP contribution in [0.25, 0.3) is 0 Å². The summed E-state index contributed by atoms with van der Waals surface area (Å²) in [4.78, 5) is 23.0. The van der Waals surface area contributed by atoms with Gasteiger partial charge in [0.05, 0.1) is 17.7 Å². The smallest absolute Gasteiger partial charge is 0.311 e. The molecule has 0 aliphatic rings. The number of aromatic nitrogens is 1. The summed E-state index contributed by atoms with van der Waals surface area (Å²) < 4.78 is 6.93. The second kappa shape index (κ2) is 5.47. The molecule has 1 heterocycles. The highest BCUT2D eigenvalue weighted by molar-refractivity contribution is 5.75. The molecule has 0 atom stereocenters. The zero-order valence-corrected chi connectivity index (χ0v) is 12.1. The van der Waals surface area contributed by atoms with Gasteiger partial charge in [-0.1, -0.05) is 0 Å². The lowest BCUT2D eigenvalue weighted by Gasteiger charge is -2.19. The van der Waals surface area contributed by atoms with Gasteiger partial charge in [0.25, 0.3) is 0 Å². The van der Waals surface area contributed by atoms with Crippen molar-refractivity contribution < 1.29 is 14.6 Å². The van der Waals surface area contributed by atoms with Crippen molar-refractivity contribution in [2.24, 2.45) is 5.41 Å². The summed E-state index contributed by atoms with van der Waals surface area (Å²) in [5, 5.41) is 9.61. The minimum absolute atomic E-state index is 0.208. The van der Waals surface area contributed by atoms with E-state index in [-0.39, 0.29) is 18.3 Å². The molecule has 0 radical (unpaired) electrons. The van der Waals surface area contributed by atoms with Crippen molar-refractivity contribution in [1.29, 1.82) is 0 Å². The van der Waals surface area contributed by atoms with Gasteiger partial charge in [0.15, 0.2) is 5.75 Å². The molecule has 0 unspecified atom stereocenters. The number of nitrogens with zero attached hydrogens (tertiary/aromatic N) is 1. The number of hydrogen-bond acceptors (Lipinski definition) is 4. The molecule has 5 heteroatoms. The van der Waals surface area contributed by atoms with E-state index in [2.05, 4.69) is 0 Å². The number of esters is 1. The van der Waals surface area contributed by atoms with Gasteiger partial charge in [-0.3, -0.25) is 9.59 Å². The average Bonchev–Trinajstić information content (AvgIpc) is 2.29. The monoisotopic (exact) mass is 267 g/mol. The Morgan fingerprint density at radius 1 is 1.37 bits per heavy atom. The van der Waals surface area contributed by atoms with E-state index in [1.165, 1.54) is 6.07 Å². The number of carbonyl (C=O) groups excluding carboxylic acids is 1. The van der Waals surface area contributed by atoms with Crippen LogP contribution in [-0.2, 0) is 16.1 Å². The molecule has 1 aromatic rings. The van der Waals surface area contributed by atoms with Crippen LogP contribution in [0.2, 0.25) is 0 Å². The van der Waals surface area contributed by atoms with E-state index < -0.39 is 10.8 Å². The summed E-state index contributed by atoms with van der Waals surface area (Å²) in [7, 11) is 0. The van der Waals surface area contributed by atoms with Crippen LogP contribution >= 0.6 is 0 Å². The normalized spacial score (nSPS) is 11.4. The number of aryl methyl sites for hydroxylation is 1. The van der Waals surface area contributed by atoms with Gasteiger partial charge in [-0.15, -0.1) is 0 Å². The number of hydrogen-bond donors (Lipinski definition) is 1. The number of rotatable bonds is 3. The highest BCUT2D eigenvalue weighted by Gasteiger charge is 2.22. The molecule has 0 aromatic carbocycles. The lowest BCUT2D eigenvalue weighted by molar-refractivity contribution is -0.153. The van der Waals surface area contributed by atoms with Crippen molar-refractivity contribution in [2.75, 3.05) is 6.61 Å². The number of aromatic hydroxyl groups is 1. The maximum Gasteiger partial charge on any atom is 0.311 e. The molecule has 1 aromatic heterocycles. The zero-order valence-electron chi connectivity index (χ0n) is 12.1. The first-order chi connectivity index (χ1) is 8.64. The average molecular weight is 267 g/mol. The lowest BCUT2D eigenvalue weighted by Crippen LogP contribution is -2.25. The van der Waals surface area contributed by atoms with Crippen LogP contribution in [0.1, 0.15) is 32.2 Å². The van der Waals surface area contributed by atoms with Crippen molar-refractivity contribution in [3.05, 3.63) is 27.7 Å². The van der Waals surface area contributed by atoms with E-state index in [9.17, 15) is 14.7 Å². The van der Waals surface area contributed by atoms with Gasteiger partial charge in [-0.05, 0) is 34.6 Å². The summed E-state index contributed by atoms with van der Waals surface area (Å²) in [5.74, 6) is -0.527. The molecular formula is C14H21NO4. The second-order valence-electron chi connectivity index (χ2n) is 5.62. The first-order valence-corrected chi connectivity index (χ1v) is 6.22. The van der Waals surface area contributed by atoms with Crippen molar-refractivity contribution in [1.82, 2.24) is 4.57 Å². The topological polar surface area (TPSA) is 68.5 Å². The van der Waals surface area contributed by atoms with Crippen LogP contribution in [0.15, 0.2) is 10.9 Å². The van der Waals surface area contributed by atoms with Gasteiger partial charge in [-0.2, -0.15) is 0 Å². The van der Waals surface area contributed by atoms with Gasteiger partial charge in [-0.25, -0.2) is 0 Å². The Kier molecular flexibility index (Phi) is 4.39. The molecule has 0 saturated heterocycles. The first kappa shape index (κ1) is 15.3. The summed E-state index contributed by atoms with van der Waals surface area (Å²) in [6.45, 7) is 9.42. The maximum absolute atomic E-state index is 11.6. The SMILES string of the molecule is Cc1cc(=O)c(O)c(C)n1CCOC(=O)C(C)(C)C. The fourth-order valence-electron chi connectivity index (χ4n) is 1.70. The molecule has 19 heavy (non-hydrogen) atoms. The summed E-state index contributed by atoms with van der Waals surface area (Å²) in [6.07, 6.45) is 0. The van der Waals surface area contributed by atoms with Crippen molar-refractivity contribution >= 4 is 5.97 Å². The molecule has 1 N–H and O–H groups in total. The summed E-state index contributed by atoms with van der Waals surface area (Å²) >= 11 is 0. The molecule has 0 spiro atoms. The predicted octanol–water partition coefficient (Wildman–Crippen LogP) is 1.76. The number of ether oxygens (including phenoxy) is 1. The Hall–Kier alpha value is -1.78. The van der Waals surface area contributed by atoms with E-state index in [1.54, 1.807) is 39.2 Å². The summed E-state index contributed by atoms with van der Waals surface area (Å²) in [6, 6.07) is 1.37. The van der Waals surface area contributed by atoms with Gasteiger partial charge in [0.2, 0.25) is 5.43 Å². The fraction of sp³-hybridized carbons (Fsp3) is 0.571. The summed E-state index contributed by atoms with van der Waals surface area (Å²) in [5.41, 5.74) is 0.289. The molecule has 0 aliphatic heterocycles. The molecule has 0 fully saturated rings. The Morgan fingerprint density at radius 2 is 1.95 bits per heavy atom. The fourth-order valence-corrected chi connectivity index (χ4v) is 1.70. The zero-order chi connectivity index (χ0) is 14.8. The minimum atomic E-state index is -0.532. The Labute approximate surface area is 112 Å². The molecule has 0 saturated carbocycles. The standard InChI is InChI=1S/C14H21NO4/c1-9-8-11(16)12(17)10(2)15(9)6-7-19-13(18)14(3,4)5/h8,17H,6-7H2,1-5H3. The van der Waals surface area contributed by atoms with Crippen LogP contribution in [0.4, 0.5) is 0 Å². The molecule has 0 bridgehead atoms. The third kappa shape index (κ3) is 3.59. The van der Waals surface area contributed by atoms with Crippen LogP contribution in [0.5, 0.6) is 5.75 Å². The minimum Gasteiger partial charge on any atom is -0.503 e. The Morgan fingerprint density at radius 3 is 2.47 bits per heavy atom. The highest BCUT2D eigenvalue weighted by atomic mass is 16.5. The van der Waals surface area contributed by atoms with Crippen LogP contribution in [-0.4, -0.2) is 22.2 Å². The van der Waals surface area contributed by atoms with Crippen molar-refractivity contribution in [3.8, 4) is 5.75 Å². The molecule has 1 rings (SSSR count). The van der Waals surface area contributed by atoms with E-state index in [0.717, 1.165) is 5.69 Å². The van der Waals surface area contributed by atoms with Crippen LogP contribution in [0.3, 0.4) is 0 Å². The van der Waals surface area contributed by atoms with E-state index >= 15 is 0 Å². The predicted molar refractivity (Wildman–Crippen MR) is 72.3 cm³/mol. The van der Waals surface area contributed by atoms with Gasteiger partial charge in [0, 0.05) is 11.8 Å². The van der Waals surface area contributed by atoms with E-state index in [1.807, 2.05) is 0 Å². The quantitative estimate of drug-likeness (QED) is 0.847. The first-order valence-electron chi connectivity index (χ1n) is 6.22. The molecule has 0 amide bonds.